The fraction of sp³-hybridized carbons (Fsp3) is 0.364. The number of hydrogen-bond donors (Lipinski definition) is 2. The zero-order valence-corrected chi connectivity index (χ0v) is 18.1. The number of anilines is 2. The molecule has 1 heterocycles. The summed E-state index contributed by atoms with van der Waals surface area (Å²) in [6.45, 7) is 1.43. The van der Waals surface area contributed by atoms with E-state index in [-0.39, 0.29) is 30.6 Å². The number of nitrogens with zero attached hydrogens (tertiary/aromatic N) is 1. The van der Waals surface area contributed by atoms with E-state index in [2.05, 4.69) is 5.32 Å². The maximum atomic E-state index is 13.1. The van der Waals surface area contributed by atoms with Crippen molar-refractivity contribution in [1.29, 1.82) is 0 Å². The number of amides is 2. The number of benzene rings is 2. The van der Waals surface area contributed by atoms with Gasteiger partial charge in [0.2, 0.25) is 5.91 Å². The zero-order chi connectivity index (χ0) is 20.8. The highest BCUT2D eigenvalue weighted by Gasteiger charge is 2.24. The average Bonchev–Trinajstić information content (AvgIpc) is 2.75. The molecule has 1 aliphatic heterocycles. The summed E-state index contributed by atoms with van der Waals surface area (Å²) in [6.07, 6.45) is 3.27. The van der Waals surface area contributed by atoms with E-state index >= 15 is 0 Å². The Hall–Kier alpha value is -2.93. The van der Waals surface area contributed by atoms with Crippen LogP contribution in [0.1, 0.15) is 35.2 Å². The topological polar surface area (TPSA) is 93.9 Å². The Kier molecular flexibility index (Phi) is 8.35. The monoisotopic (exact) mass is 433 g/mol. The molecule has 0 saturated carbocycles. The van der Waals surface area contributed by atoms with Gasteiger partial charge in [0, 0.05) is 24.8 Å². The van der Waals surface area contributed by atoms with Crippen molar-refractivity contribution in [2.75, 3.05) is 38.4 Å². The molecule has 30 heavy (non-hydrogen) atoms. The Bertz CT molecular complexity index is 881. The Morgan fingerprint density at radius 3 is 2.20 bits per heavy atom. The molecule has 0 aromatic heterocycles. The molecule has 1 saturated heterocycles. The van der Waals surface area contributed by atoms with Crippen molar-refractivity contribution in [2.24, 2.45) is 0 Å². The van der Waals surface area contributed by atoms with Crippen molar-refractivity contribution >= 4 is 35.6 Å². The van der Waals surface area contributed by atoms with Crippen molar-refractivity contribution in [3.63, 3.8) is 0 Å². The second kappa shape index (κ2) is 10.7. The minimum absolute atomic E-state index is 0. The van der Waals surface area contributed by atoms with Crippen molar-refractivity contribution in [3.05, 3.63) is 47.5 Å². The first-order valence-corrected chi connectivity index (χ1v) is 9.71. The van der Waals surface area contributed by atoms with E-state index < -0.39 is 0 Å². The number of nitrogens with two attached hydrogens (primary N) is 1. The first-order chi connectivity index (χ1) is 14.0. The van der Waals surface area contributed by atoms with Gasteiger partial charge in [0.05, 0.1) is 31.9 Å². The summed E-state index contributed by atoms with van der Waals surface area (Å²) in [5.74, 6) is 0.554. The van der Waals surface area contributed by atoms with Crippen LogP contribution in [0.3, 0.4) is 0 Å². The standard InChI is InChI=1S/C22H27N3O4.ClH/c1-28-19-13-17(22(27)25-10-4-3-5-11-25)18(14-20(19)29-2)24-21(26)12-15-6-8-16(23)9-7-15;/h6-9,13-14H,3-5,10-12,23H2,1-2H3,(H,24,26);1H. The number of nitrogens with one attached hydrogen (secondary N) is 1. The van der Waals surface area contributed by atoms with Crippen LogP contribution in [-0.4, -0.2) is 44.0 Å². The molecule has 7 nitrogen and oxygen atoms in total. The van der Waals surface area contributed by atoms with Crippen LogP contribution in [-0.2, 0) is 11.2 Å². The van der Waals surface area contributed by atoms with Gasteiger partial charge in [0.1, 0.15) is 0 Å². The highest BCUT2D eigenvalue weighted by atomic mass is 35.5. The van der Waals surface area contributed by atoms with Gasteiger partial charge in [-0.25, -0.2) is 0 Å². The van der Waals surface area contributed by atoms with Gasteiger partial charge in [-0.05, 0) is 43.0 Å². The maximum Gasteiger partial charge on any atom is 0.256 e. The molecule has 0 bridgehead atoms. The van der Waals surface area contributed by atoms with Gasteiger partial charge in [0.15, 0.2) is 11.5 Å². The predicted molar refractivity (Wildman–Crippen MR) is 120 cm³/mol. The lowest BCUT2D eigenvalue weighted by atomic mass is 10.1. The smallest absolute Gasteiger partial charge is 0.256 e. The molecular formula is C22H28ClN3O4. The zero-order valence-electron chi connectivity index (χ0n) is 17.3. The minimum atomic E-state index is -0.227. The number of carbonyl (C=O) groups excluding carboxylic acids is 2. The molecule has 2 amide bonds. The highest BCUT2D eigenvalue weighted by molar-refractivity contribution is 6.05. The number of methoxy groups -OCH3 is 2. The first kappa shape index (κ1) is 23.3. The summed E-state index contributed by atoms with van der Waals surface area (Å²) in [5, 5.41) is 2.87. The van der Waals surface area contributed by atoms with Gasteiger partial charge in [-0.2, -0.15) is 0 Å². The fourth-order valence-corrected chi connectivity index (χ4v) is 3.44. The van der Waals surface area contributed by atoms with E-state index in [0.717, 1.165) is 24.8 Å². The van der Waals surface area contributed by atoms with Crippen LogP contribution in [0.2, 0.25) is 0 Å². The molecule has 8 heteroatoms. The Morgan fingerprint density at radius 2 is 1.60 bits per heavy atom. The van der Waals surface area contributed by atoms with Crippen LogP contribution in [0, 0.1) is 0 Å². The van der Waals surface area contributed by atoms with E-state index in [1.807, 2.05) is 17.0 Å². The van der Waals surface area contributed by atoms with Crippen molar-refractivity contribution in [1.82, 2.24) is 4.90 Å². The average molecular weight is 434 g/mol. The van der Waals surface area contributed by atoms with Crippen LogP contribution >= 0.6 is 12.4 Å². The molecule has 0 spiro atoms. The second-order valence-electron chi connectivity index (χ2n) is 7.07. The molecule has 162 valence electrons. The lowest BCUT2D eigenvalue weighted by Crippen LogP contribution is -2.36. The second-order valence-corrected chi connectivity index (χ2v) is 7.07. The molecule has 3 rings (SSSR count). The molecule has 0 atom stereocenters. The Morgan fingerprint density at radius 1 is 1.00 bits per heavy atom. The molecule has 0 aliphatic carbocycles. The Labute approximate surface area is 182 Å². The number of hydrogen-bond acceptors (Lipinski definition) is 5. The predicted octanol–water partition coefficient (Wildman–Crippen LogP) is 3.52. The lowest BCUT2D eigenvalue weighted by molar-refractivity contribution is -0.115. The third kappa shape index (κ3) is 5.57. The molecule has 0 radical (unpaired) electrons. The molecule has 1 aliphatic rings. The van der Waals surface area contributed by atoms with Gasteiger partial charge < -0.3 is 25.4 Å². The molecule has 0 unspecified atom stereocenters. The van der Waals surface area contributed by atoms with Crippen LogP contribution in [0.15, 0.2) is 36.4 Å². The van der Waals surface area contributed by atoms with Crippen molar-refractivity contribution in [2.45, 2.75) is 25.7 Å². The molecular weight excluding hydrogens is 406 g/mol. The molecule has 2 aromatic carbocycles. The third-order valence-corrected chi connectivity index (χ3v) is 5.02. The summed E-state index contributed by atoms with van der Waals surface area (Å²) < 4.78 is 10.7. The quantitative estimate of drug-likeness (QED) is 0.680. The van der Waals surface area contributed by atoms with Crippen LogP contribution in [0.25, 0.3) is 0 Å². The van der Waals surface area contributed by atoms with Crippen LogP contribution in [0.4, 0.5) is 11.4 Å². The Balaban J connectivity index is 0.00000320. The number of ether oxygens (including phenoxy) is 2. The number of halogens is 1. The molecule has 3 N–H and O–H groups in total. The van der Waals surface area contributed by atoms with Gasteiger partial charge in [-0.3, -0.25) is 9.59 Å². The minimum Gasteiger partial charge on any atom is -0.493 e. The van der Waals surface area contributed by atoms with E-state index in [1.165, 1.54) is 14.2 Å². The van der Waals surface area contributed by atoms with Crippen LogP contribution in [0.5, 0.6) is 11.5 Å². The highest BCUT2D eigenvalue weighted by Crippen LogP contribution is 2.34. The van der Waals surface area contributed by atoms with Gasteiger partial charge >= 0.3 is 0 Å². The van der Waals surface area contributed by atoms with Crippen molar-refractivity contribution < 1.29 is 19.1 Å². The molecule has 2 aromatic rings. The van der Waals surface area contributed by atoms with E-state index in [0.29, 0.717) is 41.5 Å². The van der Waals surface area contributed by atoms with E-state index in [9.17, 15) is 9.59 Å². The first-order valence-electron chi connectivity index (χ1n) is 9.71. The fourth-order valence-electron chi connectivity index (χ4n) is 3.44. The number of carbonyl (C=O) groups is 2. The number of rotatable bonds is 6. The molecule has 1 fully saturated rings. The van der Waals surface area contributed by atoms with E-state index in [1.54, 1.807) is 24.3 Å². The summed E-state index contributed by atoms with van der Waals surface area (Å²) in [7, 11) is 3.04. The van der Waals surface area contributed by atoms with Crippen molar-refractivity contribution in [3.8, 4) is 11.5 Å². The summed E-state index contributed by atoms with van der Waals surface area (Å²) in [5.41, 5.74) is 7.99. The summed E-state index contributed by atoms with van der Waals surface area (Å²) in [6, 6.07) is 10.4. The van der Waals surface area contributed by atoms with E-state index in [4.69, 9.17) is 15.2 Å². The lowest BCUT2D eigenvalue weighted by Gasteiger charge is -2.28. The third-order valence-electron chi connectivity index (χ3n) is 5.02. The summed E-state index contributed by atoms with van der Waals surface area (Å²) >= 11 is 0. The number of piperidine rings is 1. The SMILES string of the molecule is COc1cc(NC(=O)Cc2ccc(N)cc2)c(C(=O)N2CCCCC2)cc1OC.Cl. The van der Waals surface area contributed by atoms with Gasteiger partial charge in [0.25, 0.3) is 5.91 Å². The van der Waals surface area contributed by atoms with Gasteiger partial charge in [-0.15, -0.1) is 12.4 Å². The normalized spacial score (nSPS) is 13.2. The van der Waals surface area contributed by atoms with Gasteiger partial charge in [-0.1, -0.05) is 12.1 Å². The largest absolute Gasteiger partial charge is 0.493 e. The van der Waals surface area contributed by atoms with Crippen LogP contribution < -0.4 is 20.5 Å². The number of likely N-dealkylation sites (tertiary alicyclic amines) is 1. The number of nitrogen functional groups attached to an aromatic ring is 1. The maximum absolute atomic E-state index is 13.1. The summed E-state index contributed by atoms with van der Waals surface area (Å²) in [4.78, 5) is 27.6.